The van der Waals surface area contributed by atoms with Crippen LogP contribution in [-0.4, -0.2) is 37.1 Å². The molecule has 21 heavy (non-hydrogen) atoms. The van der Waals surface area contributed by atoms with E-state index in [2.05, 4.69) is 52.0 Å². The molecule has 1 atom stereocenters. The molecule has 0 amide bonds. The van der Waals surface area contributed by atoms with E-state index < -0.39 is 0 Å². The lowest BCUT2D eigenvalue weighted by molar-refractivity contribution is 0.130. The zero-order valence-electron chi connectivity index (χ0n) is 15.8. The van der Waals surface area contributed by atoms with Gasteiger partial charge in [-0.05, 0) is 47.3 Å². The minimum atomic E-state index is 0.232. The van der Waals surface area contributed by atoms with E-state index in [0.717, 1.165) is 6.54 Å². The van der Waals surface area contributed by atoms with E-state index in [1.54, 1.807) is 0 Å². The second-order valence-electron chi connectivity index (χ2n) is 7.32. The van der Waals surface area contributed by atoms with Gasteiger partial charge in [0.1, 0.15) is 0 Å². The van der Waals surface area contributed by atoms with Gasteiger partial charge in [-0.1, -0.05) is 65.2 Å². The normalized spacial score (nSPS) is 13.9. The van der Waals surface area contributed by atoms with Crippen molar-refractivity contribution in [3.05, 3.63) is 0 Å². The predicted octanol–water partition coefficient (Wildman–Crippen LogP) is 5.23. The van der Waals surface area contributed by atoms with Crippen LogP contribution in [0.3, 0.4) is 0 Å². The first kappa shape index (κ1) is 20.9. The molecule has 0 spiro atoms. The van der Waals surface area contributed by atoms with Gasteiger partial charge in [0.05, 0.1) is 0 Å². The maximum absolute atomic E-state index is 3.77. The lowest BCUT2D eigenvalue weighted by atomic mass is 9.88. The number of hydrogen-bond donors (Lipinski definition) is 1. The second kappa shape index (κ2) is 12.5. The number of nitrogens with one attached hydrogen (secondary N) is 1. The molecule has 0 aliphatic heterocycles. The standard InChI is InChI=1S/C19H42N2/c1-7-9-10-11-12-13-14-15-16-18(20-17-8-2)19(3,4)21(5)6/h18,20H,7-17H2,1-6H3. The van der Waals surface area contributed by atoms with Crippen molar-refractivity contribution in [3.8, 4) is 0 Å². The van der Waals surface area contributed by atoms with Crippen molar-refractivity contribution < 1.29 is 0 Å². The molecule has 0 saturated carbocycles. The van der Waals surface area contributed by atoms with Gasteiger partial charge in [-0.15, -0.1) is 0 Å². The van der Waals surface area contributed by atoms with Crippen molar-refractivity contribution in [2.75, 3.05) is 20.6 Å². The largest absolute Gasteiger partial charge is 0.312 e. The monoisotopic (exact) mass is 298 g/mol. The highest BCUT2D eigenvalue weighted by molar-refractivity contribution is 4.91. The van der Waals surface area contributed by atoms with Crippen molar-refractivity contribution in [1.82, 2.24) is 10.2 Å². The van der Waals surface area contributed by atoms with Crippen LogP contribution in [0.4, 0.5) is 0 Å². The molecule has 0 rings (SSSR count). The van der Waals surface area contributed by atoms with E-state index in [4.69, 9.17) is 0 Å². The molecule has 0 aromatic carbocycles. The summed E-state index contributed by atoms with van der Waals surface area (Å²) in [6.07, 6.45) is 13.8. The molecule has 0 saturated heterocycles. The molecular formula is C19H42N2. The van der Waals surface area contributed by atoms with Gasteiger partial charge < -0.3 is 10.2 Å². The molecule has 0 heterocycles. The zero-order chi connectivity index (χ0) is 16.1. The van der Waals surface area contributed by atoms with Gasteiger partial charge in [0.15, 0.2) is 0 Å². The Morgan fingerprint density at radius 2 is 1.33 bits per heavy atom. The van der Waals surface area contributed by atoms with Gasteiger partial charge in [0, 0.05) is 11.6 Å². The molecule has 2 heteroatoms. The van der Waals surface area contributed by atoms with Crippen molar-refractivity contribution in [2.45, 2.75) is 103 Å². The minimum Gasteiger partial charge on any atom is -0.312 e. The third kappa shape index (κ3) is 9.52. The lowest BCUT2D eigenvalue weighted by Gasteiger charge is -2.41. The second-order valence-corrected chi connectivity index (χ2v) is 7.32. The molecular weight excluding hydrogens is 256 g/mol. The third-order valence-corrected chi connectivity index (χ3v) is 4.99. The highest BCUT2D eigenvalue weighted by Crippen LogP contribution is 2.21. The molecule has 0 aliphatic carbocycles. The molecule has 2 nitrogen and oxygen atoms in total. The van der Waals surface area contributed by atoms with Crippen LogP contribution in [0.15, 0.2) is 0 Å². The van der Waals surface area contributed by atoms with E-state index in [1.165, 1.54) is 64.2 Å². The first-order valence-electron chi connectivity index (χ1n) is 9.37. The summed E-state index contributed by atoms with van der Waals surface area (Å²) in [5, 5.41) is 3.77. The summed E-state index contributed by atoms with van der Waals surface area (Å²) in [4.78, 5) is 2.37. The Balaban J connectivity index is 3.92. The Morgan fingerprint density at radius 3 is 1.81 bits per heavy atom. The smallest absolute Gasteiger partial charge is 0.0300 e. The van der Waals surface area contributed by atoms with E-state index in [9.17, 15) is 0 Å². The summed E-state index contributed by atoms with van der Waals surface area (Å²) in [6.45, 7) is 10.4. The van der Waals surface area contributed by atoms with Crippen LogP contribution in [0.1, 0.15) is 91.9 Å². The summed E-state index contributed by atoms with van der Waals surface area (Å²) >= 11 is 0. The molecule has 1 N–H and O–H groups in total. The van der Waals surface area contributed by atoms with Gasteiger partial charge in [-0.2, -0.15) is 0 Å². The highest BCUT2D eigenvalue weighted by atomic mass is 15.2. The average Bonchev–Trinajstić information content (AvgIpc) is 2.44. The molecule has 0 radical (unpaired) electrons. The topological polar surface area (TPSA) is 15.3 Å². The van der Waals surface area contributed by atoms with Crippen molar-refractivity contribution in [2.24, 2.45) is 0 Å². The summed E-state index contributed by atoms with van der Waals surface area (Å²) in [5.74, 6) is 0. The van der Waals surface area contributed by atoms with Crippen LogP contribution in [0.2, 0.25) is 0 Å². The summed E-state index contributed by atoms with van der Waals surface area (Å²) in [6, 6.07) is 0.604. The van der Waals surface area contributed by atoms with E-state index in [0.29, 0.717) is 6.04 Å². The Morgan fingerprint density at radius 1 is 0.810 bits per heavy atom. The van der Waals surface area contributed by atoms with Gasteiger partial charge in [0.2, 0.25) is 0 Å². The quantitative estimate of drug-likeness (QED) is 0.442. The Hall–Kier alpha value is -0.0800. The van der Waals surface area contributed by atoms with Crippen molar-refractivity contribution in [3.63, 3.8) is 0 Å². The van der Waals surface area contributed by atoms with E-state index in [-0.39, 0.29) is 5.54 Å². The van der Waals surface area contributed by atoms with Crippen LogP contribution in [0, 0.1) is 0 Å². The molecule has 0 aromatic heterocycles. The fourth-order valence-corrected chi connectivity index (χ4v) is 2.82. The van der Waals surface area contributed by atoms with Crippen LogP contribution in [0.25, 0.3) is 0 Å². The van der Waals surface area contributed by atoms with Crippen molar-refractivity contribution >= 4 is 0 Å². The Labute approximate surface area is 135 Å². The van der Waals surface area contributed by atoms with Crippen LogP contribution >= 0.6 is 0 Å². The summed E-state index contributed by atoms with van der Waals surface area (Å²) in [5.41, 5.74) is 0.232. The van der Waals surface area contributed by atoms with Crippen LogP contribution in [-0.2, 0) is 0 Å². The van der Waals surface area contributed by atoms with Crippen LogP contribution < -0.4 is 5.32 Å². The first-order chi connectivity index (χ1) is 9.96. The number of unbranched alkanes of at least 4 members (excludes halogenated alkanes) is 7. The van der Waals surface area contributed by atoms with Gasteiger partial charge in [-0.25, -0.2) is 0 Å². The summed E-state index contributed by atoms with van der Waals surface area (Å²) in [7, 11) is 4.41. The fraction of sp³-hybridized carbons (Fsp3) is 1.00. The average molecular weight is 299 g/mol. The molecule has 128 valence electrons. The van der Waals surface area contributed by atoms with Gasteiger partial charge >= 0.3 is 0 Å². The molecule has 0 aliphatic rings. The highest BCUT2D eigenvalue weighted by Gasteiger charge is 2.30. The number of nitrogens with zero attached hydrogens (tertiary/aromatic N) is 1. The molecule has 1 unspecified atom stereocenters. The van der Waals surface area contributed by atoms with Crippen LogP contribution in [0.5, 0.6) is 0 Å². The fourth-order valence-electron chi connectivity index (χ4n) is 2.82. The zero-order valence-corrected chi connectivity index (χ0v) is 15.8. The Bertz CT molecular complexity index is 224. The van der Waals surface area contributed by atoms with Crippen molar-refractivity contribution in [1.29, 1.82) is 0 Å². The van der Waals surface area contributed by atoms with E-state index in [1.807, 2.05) is 0 Å². The number of likely N-dealkylation sites (N-methyl/N-ethyl adjacent to an activating group) is 1. The Kier molecular flexibility index (Phi) is 12.4. The van der Waals surface area contributed by atoms with E-state index >= 15 is 0 Å². The maximum atomic E-state index is 3.77. The molecule has 0 bridgehead atoms. The predicted molar refractivity (Wildman–Crippen MR) is 97.1 cm³/mol. The first-order valence-corrected chi connectivity index (χ1v) is 9.37. The SMILES string of the molecule is CCCCCCCCCCC(NCCC)C(C)(C)N(C)C. The lowest BCUT2D eigenvalue weighted by Crippen LogP contribution is -2.55. The minimum absolute atomic E-state index is 0.232. The number of rotatable bonds is 14. The van der Waals surface area contributed by atoms with Gasteiger partial charge in [0.25, 0.3) is 0 Å². The van der Waals surface area contributed by atoms with Gasteiger partial charge in [-0.3, -0.25) is 0 Å². The maximum Gasteiger partial charge on any atom is 0.0300 e. The summed E-state index contributed by atoms with van der Waals surface area (Å²) < 4.78 is 0. The molecule has 0 aromatic rings. The number of hydrogen-bond acceptors (Lipinski definition) is 2. The third-order valence-electron chi connectivity index (χ3n) is 4.99. The molecule has 0 fully saturated rings.